The van der Waals surface area contributed by atoms with E-state index in [1.54, 1.807) is 6.92 Å². The molecule has 0 aliphatic heterocycles. The van der Waals surface area contributed by atoms with Gasteiger partial charge in [-0.1, -0.05) is 6.58 Å². The fraction of sp³-hybridized carbons (Fsp3) is 0.789. The minimum absolute atomic E-state index is 0.108. The Morgan fingerprint density at radius 2 is 1.65 bits per heavy atom. The quantitative estimate of drug-likeness (QED) is 0.454. The van der Waals surface area contributed by atoms with Gasteiger partial charge in [-0.05, 0) is 74.0 Å². The number of ether oxygens (including phenoxy) is 2. The van der Waals surface area contributed by atoms with Crippen molar-refractivity contribution in [2.75, 3.05) is 6.61 Å². The molecule has 4 rings (SSSR count). The van der Waals surface area contributed by atoms with Crippen LogP contribution in [0.15, 0.2) is 12.2 Å². The number of carbonyl (C=O) groups is 2. The van der Waals surface area contributed by atoms with Crippen molar-refractivity contribution in [1.82, 2.24) is 0 Å². The summed E-state index contributed by atoms with van der Waals surface area (Å²) in [6.07, 6.45) is 4.82. The molecule has 4 aliphatic carbocycles. The van der Waals surface area contributed by atoms with Crippen molar-refractivity contribution < 1.29 is 19.1 Å². The lowest BCUT2D eigenvalue weighted by Crippen LogP contribution is -2.40. The van der Waals surface area contributed by atoms with E-state index >= 15 is 0 Å². The van der Waals surface area contributed by atoms with Crippen LogP contribution in [0, 0.1) is 41.4 Å². The van der Waals surface area contributed by atoms with Crippen molar-refractivity contribution in [3.63, 3.8) is 0 Å². The number of hydrogen-bond acceptors (Lipinski definition) is 4. The van der Waals surface area contributed by atoms with Gasteiger partial charge >= 0.3 is 11.9 Å². The summed E-state index contributed by atoms with van der Waals surface area (Å²) in [7, 11) is 0. The Morgan fingerprint density at radius 3 is 2.35 bits per heavy atom. The molecule has 4 aliphatic rings. The highest BCUT2D eigenvalue weighted by Crippen LogP contribution is 2.69. The Labute approximate surface area is 137 Å². The van der Waals surface area contributed by atoms with Crippen molar-refractivity contribution in [2.45, 2.75) is 45.6 Å². The van der Waals surface area contributed by atoms with Crippen LogP contribution in [-0.4, -0.2) is 24.6 Å². The third kappa shape index (κ3) is 2.33. The maximum absolute atomic E-state index is 11.9. The molecule has 8 atom stereocenters. The molecule has 4 nitrogen and oxygen atoms in total. The molecular weight excluding hydrogens is 292 g/mol. The maximum Gasteiger partial charge on any atom is 0.333 e. The number of hydrogen-bond donors (Lipinski definition) is 0. The van der Waals surface area contributed by atoms with Crippen LogP contribution in [0.25, 0.3) is 0 Å². The monoisotopic (exact) mass is 318 g/mol. The lowest BCUT2D eigenvalue weighted by atomic mass is 9.67. The highest BCUT2D eigenvalue weighted by Gasteiger charge is 2.65. The van der Waals surface area contributed by atoms with Gasteiger partial charge in [-0.25, -0.2) is 4.79 Å². The van der Waals surface area contributed by atoms with Gasteiger partial charge in [-0.3, -0.25) is 4.79 Å². The molecule has 0 aromatic heterocycles. The SMILES string of the molecule is C=C(C)C(=O)OC1CC2CC1C1C3CC(COC(C)=O)C(C3)C21. The normalized spacial score (nSPS) is 45.8. The zero-order valence-electron chi connectivity index (χ0n) is 14.0. The van der Waals surface area contributed by atoms with E-state index in [4.69, 9.17) is 9.47 Å². The summed E-state index contributed by atoms with van der Waals surface area (Å²) in [4.78, 5) is 22.9. The summed E-state index contributed by atoms with van der Waals surface area (Å²) in [6, 6.07) is 0. The molecule has 4 fully saturated rings. The number of carbonyl (C=O) groups excluding carboxylic acids is 2. The summed E-state index contributed by atoms with van der Waals surface area (Å²) in [6.45, 7) is 7.51. The standard InChI is InChI=1S/C19H26O4/c1-9(2)19(21)23-16-7-12-6-15(16)18-11-4-13(8-22-10(3)20)14(5-11)17(12)18/h11-18H,1,4-8H2,2-3H3. The van der Waals surface area contributed by atoms with E-state index in [9.17, 15) is 9.59 Å². The van der Waals surface area contributed by atoms with Crippen LogP contribution in [0.1, 0.15) is 39.5 Å². The highest BCUT2D eigenvalue weighted by molar-refractivity contribution is 5.87. The highest BCUT2D eigenvalue weighted by atomic mass is 16.5. The molecule has 0 heterocycles. The average molecular weight is 318 g/mol. The van der Waals surface area contributed by atoms with Gasteiger partial charge < -0.3 is 9.47 Å². The largest absolute Gasteiger partial charge is 0.466 e. The summed E-state index contributed by atoms with van der Waals surface area (Å²) in [5.74, 6) is 4.39. The summed E-state index contributed by atoms with van der Waals surface area (Å²) in [5, 5.41) is 0. The van der Waals surface area contributed by atoms with Crippen LogP contribution in [0.3, 0.4) is 0 Å². The number of esters is 2. The molecular formula is C19H26O4. The van der Waals surface area contributed by atoms with Gasteiger partial charge in [0.1, 0.15) is 6.10 Å². The first-order valence-corrected chi connectivity index (χ1v) is 8.95. The molecule has 4 heteroatoms. The van der Waals surface area contributed by atoms with Crippen LogP contribution >= 0.6 is 0 Å². The van der Waals surface area contributed by atoms with E-state index in [2.05, 4.69) is 6.58 Å². The van der Waals surface area contributed by atoms with Gasteiger partial charge in [0.15, 0.2) is 0 Å². The molecule has 126 valence electrons. The number of fused-ring (bicyclic) bond motifs is 9. The van der Waals surface area contributed by atoms with Gasteiger partial charge in [0.05, 0.1) is 6.61 Å². The Morgan fingerprint density at radius 1 is 1.00 bits per heavy atom. The van der Waals surface area contributed by atoms with Crippen LogP contribution in [0.2, 0.25) is 0 Å². The van der Waals surface area contributed by atoms with Gasteiger partial charge in [-0.2, -0.15) is 0 Å². The molecule has 4 saturated carbocycles. The van der Waals surface area contributed by atoms with Crippen molar-refractivity contribution >= 4 is 11.9 Å². The fourth-order valence-electron chi connectivity index (χ4n) is 6.47. The van der Waals surface area contributed by atoms with Crippen LogP contribution < -0.4 is 0 Å². The smallest absolute Gasteiger partial charge is 0.333 e. The molecule has 0 N–H and O–H groups in total. The first-order chi connectivity index (χ1) is 11.0. The van der Waals surface area contributed by atoms with E-state index in [0.717, 1.165) is 30.1 Å². The lowest BCUT2D eigenvalue weighted by Gasteiger charge is -2.41. The molecule has 0 aromatic carbocycles. The van der Waals surface area contributed by atoms with E-state index in [-0.39, 0.29) is 18.0 Å². The van der Waals surface area contributed by atoms with Crippen LogP contribution in [0.5, 0.6) is 0 Å². The average Bonchev–Trinajstić information content (AvgIpc) is 3.22. The molecule has 8 unspecified atom stereocenters. The summed E-state index contributed by atoms with van der Waals surface area (Å²) < 4.78 is 11.0. The minimum atomic E-state index is -0.227. The Kier molecular flexibility index (Phi) is 3.54. The topological polar surface area (TPSA) is 52.6 Å². The van der Waals surface area contributed by atoms with E-state index in [1.807, 2.05) is 0 Å². The van der Waals surface area contributed by atoms with Crippen molar-refractivity contribution in [2.24, 2.45) is 41.4 Å². The molecule has 0 radical (unpaired) electrons. The molecule has 0 spiro atoms. The summed E-state index contributed by atoms with van der Waals surface area (Å²) in [5.41, 5.74) is 0.499. The van der Waals surface area contributed by atoms with E-state index < -0.39 is 0 Å². The second kappa shape index (κ2) is 5.35. The Hall–Kier alpha value is -1.32. The zero-order valence-corrected chi connectivity index (χ0v) is 14.0. The molecule has 0 saturated heterocycles. The third-order valence-electron chi connectivity index (χ3n) is 7.00. The predicted molar refractivity (Wildman–Crippen MR) is 84.2 cm³/mol. The van der Waals surface area contributed by atoms with Gasteiger partial charge in [0.25, 0.3) is 0 Å². The first-order valence-electron chi connectivity index (χ1n) is 8.95. The van der Waals surface area contributed by atoms with Gasteiger partial charge in [-0.15, -0.1) is 0 Å². The lowest BCUT2D eigenvalue weighted by molar-refractivity contribution is -0.149. The second-order valence-corrected chi connectivity index (χ2v) is 8.23. The van der Waals surface area contributed by atoms with Crippen molar-refractivity contribution in [3.8, 4) is 0 Å². The fourth-order valence-corrected chi connectivity index (χ4v) is 6.47. The third-order valence-corrected chi connectivity index (χ3v) is 7.00. The second-order valence-electron chi connectivity index (χ2n) is 8.23. The van der Waals surface area contributed by atoms with Crippen LogP contribution in [-0.2, 0) is 19.1 Å². The number of rotatable bonds is 4. The van der Waals surface area contributed by atoms with E-state index in [0.29, 0.717) is 29.9 Å². The predicted octanol–water partition coefficient (Wildman–Crippen LogP) is 2.97. The zero-order chi connectivity index (χ0) is 16.3. The molecule has 0 amide bonds. The van der Waals surface area contributed by atoms with Crippen LogP contribution in [0.4, 0.5) is 0 Å². The first kappa shape index (κ1) is 15.2. The van der Waals surface area contributed by atoms with Crippen molar-refractivity contribution in [1.29, 1.82) is 0 Å². The molecule has 0 aromatic rings. The maximum atomic E-state index is 11.9. The minimum Gasteiger partial charge on any atom is -0.466 e. The Balaban J connectivity index is 1.43. The molecule has 4 bridgehead atoms. The van der Waals surface area contributed by atoms with E-state index in [1.165, 1.54) is 26.2 Å². The Bertz CT molecular complexity index is 554. The van der Waals surface area contributed by atoms with Gasteiger partial charge in [0.2, 0.25) is 0 Å². The van der Waals surface area contributed by atoms with Gasteiger partial charge in [0, 0.05) is 12.5 Å². The van der Waals surface area contributed by atoms with Crippen molar-refractivity contribution in [3.05, 3.63) is 12.2 Å². The molecule has 23 heavy (non-hydrogen) atoms. The summed E-state index contributed by atoms with van der Waals surface area (Å²) >= 11 is 0.